The van der Waals surface area contributed by atoms with Gasteiger partial charge in [-0.2, -0.15) is 13.2 Å². The lowest BCUT2D eigenvalue weighted by Gasteiger charge is -2.40. The Balaban J connectivity index is 1.93. The van der Waals surface area contributed by atoms with Gasteiger partial charge in [0.1, 0.15) is 17.4 Å². The molecule has 0 aliphatic heterocycles. The van der Waals surface area contributed by atoms with Crippen LogP contribution in [0.15, 0.2) is 42.7 Å². The molecule has 0 fully saturated rings. The number of H-pyrrole nitrogens is 1. The average molecular weight is 439 g/mol. The molecule has 5 nitrogen and oxygen atoms in total. The van der Waals surface area contributed by atoms with Crippen molar-refractivity contribution in [2.45, 2.75) is 37.5 Å². The second kappa shape index (κ2) is 8.03. The number of methoxy groups -OCH3 is 1. The van der Waals surface area contributed by atoms with Gasteiger partial charge in [-0.15, -0.1) is 0 Å². The molecule has 2 heterocycles. The molecule has 1 atom stereocenters. The maximum Gasteiger partial charge on any atom is 0.418 e. The van der Waals surface area contributed by atoms with Gasteiger partial charge in [-0.25, -0.2) is 4.39 Å². The summed E-state index contributed by atoms with van der Waals surface area (Å²) in [6, 6.07) is 7.06. The molecule has 0 bridgehead atoms. The molecular weight excluding hydrogens is 414 g/mol. The van der Waals surface area contributed by atoms with E-state index in [-0.39, 0.29) is 5.75 Å². The molecule has 1 aromatic carbocycles. The molecule has 1 unspecified atom stereocenters. The second-order valence-corrected chi connectivity index (χ2v) is 8.41. The van der Waals surface area contributed by atoms with E-state index < -0.39 is 36.0 Å². The van der Waals surface area contributed by atoms with Crippen LogP contribution in [-0.2, 0) is 5.41 Å². The molecule has 0 saturated heterocycles. The fraction of sp³-hybridized carbons (Fsp3) is 0.409. The first-order chi connectivity index (χ1) is 14.4. The van der Waals surface area contributed by atoms with E-state index >= 15 is 0 Å². The number of anilines is 1. The van der Waals surface area contributed by atoms with Gasteiger partial charge in [0.25, 0.3) is 0 Å². The third-order valence-electron chi connectivity index (χ3n) is 5.47. The minimum absolute atomic E-state index is 0.131. The van der Waals surface area contributed by atoms with Gasteiger partial charge >= 0.3 is 6.18 Å². The van der Waals surface area contributed by atoms with Crippen molar-refractivity contribution in [3.8, 4) is 5.75 Å². The maximum absolute atomic E-state index is 14.1. The molecule has 0 aliphatic carbocycles. The number of nitrogens with one attached hydrogen (secondary N) is 1. The number of hydrogen-bond donors (Lipinski definition) is 2. The van der Waals surface area contributed by atoms with E-state index in [4.69, 9.17) is 4.74 Å². The maximum atomic E-state index is 14.1. The summed E-state index contributed by atoms with van der Waals surface area (Å²) in [6.07, 6.45) is -2.38. The normalized spacial score (nSPS) is 14.5. The molecule has 31 heavy (non-hydrogen) atoms. The SMILES string of the molecule is COc1cc(F)ccc1C(C)(C)CC(O)(CN(C)c1cc2cnccc2[nH]1)C(F)(F)F. The molecule has 0 spiro atoms. The number of alkyl halides is 3. The Hall–Kier alpha value is -2.81. The van der Waals surface area contributed by atoms with Crippen LogP contribution in [0.2, 0.25) is 0 Å². The van der Waals surface area contributed by atoms with Crippen molar-refractivity contribution in [2.75, 3.05) is 25.6 Å². The van der Waals surface area contributed by atoms with Gasteiger partial charge in [0.15, 0.2) is 5.60 Å². The second-order valence-electron chi connectivity index (χ2n) is 8.41. The van der Waals surface area contributed by atoms with Crippen LogP contribution in [0.25, 0.3) is 10.9 Å². The van der Waals surface area contributed by atoms with Crippen molar-refractivity contribution < 1.29 is 27.4 Å². The lowest BCUT2D eigenvalue weighted by atomic mass is 9.74. The Labute approximate surface area is 177 Å². The van der Waals surface area contributed by atoms with Gasteiger partial charge < -0.3 is 19.7 Å². The summed E-state index contributed by atoms with van der Waals surface area (Å²) in [5.41, 5.74) is -3.11. The average Bonchev–Trinajstić information content (AvgIpc) is 3.10. The monoisotopic (exact) mass is 439 g/mol. The van der Waals surface area contributed by atoms with Crippen molar-refractivity contribution in [3.63, 3.8) is 0 Å². The minimum atomic E-state index is -4.90. The van der Waals surface area contributed by atoms with Crippen molar-refractivity contribution >= 4 is 16.7 Å². The zero-order valence-electron chi connectivity index (χ0n) is 17.7. The van der Waals surface area contributed by atoms with Crippen LogP contribution < -0.4 is 9.64 Å². The van der Waals surface area contributed by atoms with Crippen LogP contribution in [0.5, 0.6) is 5.75 Å². The number of nitrogens with zero attached hydrogens (tertiary/aromatic N) is 2. The number of pyridine rings is 1. The van der Waals surface area contributed by atoms with E-state index in [0.717, 1.165) is 23.0 Å². The summed E-state index contributed by atoms with van der Waals surface area (Å²) in [4.78, 5) is 8.36. The van der Waals surface area contributed by atoms with E-state index in [2.05, 4.69) is 9.97 Å². The molecule has 2 N–H and O–H groups in total. The summed E-state index contributed by atoms with van der Waals surface area (Å²) >= 11 is 0. The quantitative estimate of drug-likeness (QED) is 0.519. The number of aromatic nitrogens is 2. The number of benzene rings is 1. The topological polar surface area (TPSA) is 61.4 Å². The van der Waals surface area contributed by atoms with Crippen LogP contribution >= 0.6 is 0 Å². The standard InChI is InChI=1S/C22H25F4N3O2/c1-20(2,16-6-5-15(23)10-18(16)31-4)12-21(30,22(24,25)26)13-29(3)19-9-14-11-27-8-7-17(14)28-19/h5-11,28,30H,12-13H2,1-4H3. The first-order valence-corrected chi connectivity index (χ1v) is 9.63. The number of likely N-dealkylation sites (N-methyl/N-ethyl adjacent to an activating group) is 1. The van der Waals surface area contributed by atoms with E-state index in [1.54, 1.807) is 38.4 Å². The molecule has 168 valence electrons. The van der Waals surface area contributed by atoms with Gasteiger partial charge in [-0.05, 0) is 30.0 Å². The van der Waals surface area contributed by atoms with Crippen LogP contribution in [0, 0.1) is 5.82 Å². The van der Waals surface area contributed by atoms with Crippen LogP contribution in [0.4, 0.5) is 23.4 Å². The highest BCUT2D eigenvalue weighted by Crippen LogP contribution is 2.44. The number of halogens is 4. The molecule has 2 aromatic heterocycles. The van der Waals surface area contributed by atoms with Crippen molar-refractivity contribution in [2.24, 2.45) is 0 Å². The Kier molecular flexibility index (Phi) is 5.92. The Bertz CT molecular complexity index is 1030. The summed E-state index contributed by atoms with van der Waals surface area (Å²) in [7, 11) is 2.79. The highest BCUT2D eigenvalue weighted by atomic mass is 19.4. The molecule has 3 rings (SSSR count). The summed E-state index contributed by atoms with van der Waals surface area (Å²) in [5, 5.41) is 11.6. The number of rotatable bonds is 7. The van der Waals surface area contributed by atoms with Crippen molar-refractivity contribution in [3.05, 3.63) is 54.1 Å². The largest absolute Gasteiger partial charge is 0.496 e. The zero-order valence-corrected chi connectivity index (χ0v) is 17.7. The fourth-order valence-corrected chi connectivity index (χ4v) is 3.94. The molecule has 0 radical (unpaired) electrons. The summed E-state index contributed by atoms with van der Waals surface area (Å²) in [6.45, 7) is 2.42. The van der Waals surface area contributed by atoms with E-state index in [9.17, 15) is 22.7 Å². The molecule has 0 amide bonds. The number of hydrogen-bond acceptors (Lipinski definition) is 4. The predicted octanol–water partition coefficient (Wildman–Crippen LogP) is 4.81. The third-order valence-corrected chi connectivity index (χ3v) is 5.47. The smallest absolute Gasteiger partial charge is 0.418 e. The minimum Gasteiger partial charge on any atom is -0.496 e. The number of ether oxygens (including phenoxy) is 1. The lowest BCUT2D eigenvalue weighted by Crippen LogP contribution is -2.55. The highest BCUT2D eigenvalue weighted by molar-refractivity contribution is 5.83. The van der Waals surface area contributed by atoms with Crippen molar-refractivity contribution in [1.82, 2.24) is 9.97 Å². The first kappa shape index (κ1) is 22.9. The van der Waals surface area contributed by atoms with E-state index in [0.29, 0.717) is 11.4 Å². The number of aliphatic hydroxyl groups is 1. The number of aromatic amines is 1. The molecule has 0 saturated carbocycles. The van der Waals surface area contributed by atoms with Crippen LogP contribution in [0.1, 0.15) is 25.8 Å². The fourth-order valence-electron chi connectivity index (χ4n) is 3.94. The van der Waals surface area contributed by atoms with Gasteiger partial charge in [-0.1, -0.05) is 19.9 Å². The summed E-state index contributed by atoms with van der Waals surface area (Å²) in [5.74, 6) is -0.00985. The molecular formula is C22H25F4N3O2. The van der Waals surface area contributed by atoms with Gasteiger partial charge in [0.05, 0.1) is 19.2 Å². The van der Waals surface area contributed by atoms with E-state index in [1.807, 2.05) is 0 Å². The molecule has 0 aliphatic rings. The Morgan fingerprint density at radius 2 is 1.87 bits per heavy atom. The lowest BCUT2D eigenvalue weighted by molar-refractivity contribution is -0.262. The first-order valence-electron chi connectivity index (χ1n) is 9.63. The van der Waals surface area contributed by atoms with Gasteiger partial charge in [0.2, 0.25) is 0 Å². The molecule has 9 heteroatoms. The number of fused-ring (bicyclic) bond motifs is 1. The van der Waals surface area contributed by atoms with Gasteiger partial charge in [0, 0.05) is 36.5 Å². The molecule has 3 aromatic rings. The predicted molar refractivity (Wildman–Crippen MR) is 111 cm³/mol. The Morgan fingerprint density at radius 1 is 1.16 bits per heavy atom. The van der Waals surface area contributed by atoms with E-state index in [1.165, 1.54) is 25.1 Å². The third kappa shape index (κ3) is 4.61. The van der Waals surface area contributed by atoms with Crippen molar-refractivity contribution in [1.29, 1.82) is 0 Å². The Morgan fingerprint density at radius 3 is 2.48 bits per heavy atom. The van der Waals surface area contributed by atoms with Gasteiger partial charge in [-0.3, -0.25) is 4.98 Å². The van der Waals surface area contributed by atoms with Crippen LogP contribution in [-0.4, -0.2) is 47.6 Å². The van der Waals surface area contributed by atoms with Crippen LogP contribution in [0.3, 0.4) is 0 Å². The zero-order chi connectivity index (χ0) is 23.0. The highest BCUT2D eigenvalue weighted by Gasteiger charge is 2.56. The summed E-state index contributed by atoms with van der Waals surface area (Å²) < 4.78 is 61.0.